The maximum Gasteiger partial charge on any atom is -0.0164 e. The molecule has 0 bridgehead atoms. The average molecular weight is 145 g/mol. The van der Waals surface area contributed by atoms with Crippen molar-refractivity contribution in [3.05, 3.63) is 55.0 Å². The molecule has 0 nitrogen and oxygen atoms in total. The van der Waals surface area contributed by atoms with Gasteiger partial charge in [0.1, 0.15) is 0 Å². The molecule has 1 aliphatic rings. The minimum atomic E-state index is 1.13. The highest BCUT2D eigenvalue weighted by Crippen LogP contribution is 1.98. The van der Waals surface area contributed by atoms with Crippen molar-refractivity contribution in [1.82, 2.24) is 0 Å². The zero-order valence-electron chi connectivity index (χ0n) is 6.61. The lowest BCUT2D eigenvalue weighted by Gasteiger charge is -1.86. The van der Waals surface area contributed by atoms with Gasteiger partial charge in [-0.3, -0.25) is 0 Å². The summed E-state index contributed by atoms with van der Waals surface area (Å²) in [7, 11) is 0. The van der Waals surface area contributed by atoms with E-state index in [9.17, 15) is 0 Å². The lowest BCUT2D eigenvalue weighted by atomic mass is 10.2. The molecule has 0 aromatic carbocycles. The summed E-state index contributed by atoms with van der Waals surface area (Å²) in [5.41, 5.74) is 0. The molecule has 0 spiro atoms. The predicted octanol–water partition coefficient (Wildman–Crippen LogP) is 3.21. The molecule has 1 radical (unpaired) electrons. The van der Waals surface area contributed by atoms with Gasteiger partial charge in [0.05, 0.1) is 0 Å². The second-order valence-corrected chi connectivity index (χ2v) is 2.40. The molecule has 0 aromatic rings. The van der Waals surface area contributed by atoms with Gasteiger partial charge in [0.25, 0.3) is 0 Å². The molecule has 11 heavy (non-hydrogen) atoms. The molecule has 0 aromatic heterocycles. The summed E-state index contributed by atoms with van der Waals surface area (Å²) in [6.07, 6.45) is 21.0. The summed E-state index contributed by atoms with van der Waals surface area (Å²) in [6, 6.07) is 0. The Bertz CT molecular complexity index is 170. The van der Waals surface area contributed by atoms with Crippen LogP contribution in [0.4, 0.5) is 0 Å². The molecule has 0 amide bonds. The van der Waals surface area contributed by atoms with Crippen molar-refractivity contribution in [1.29, 1.82) is 0 Å². The van der Waals surface area contributed by atoms with Crippen molar-refractivity contribution in [2.45, 2.75) is 12.8 Å². The lowest BCUT2D eigenvalue weighted by Crippen LogP contribution is -1.68. The fraction of sp³-hybridized carbons (Fsp3) is 0.182. The Labute approximate surface area is 68.6 Å². The third-order valence-electron chi connectivity index (χ3n) is 1.44. The van der Waals surface area contributed by atoms with E-state index in [1.807, 2.05) is 18.2 Å². The third-order valence-corrected chi connectivity index (χ3v) is 1.44. The SMILES string of the molecule is [CH]1/C=C/C=C\C=C/C=C/CC1. The maximum atomic E-state index is 2.18. The molecule has 0 fully saturated rings. The van der Waals surface area contributed by atoms with E-state index in [0.29, 0.717) is 0 Å². The smallest absolute Gasteiger partial charge is 0.0164 e. The summed E-state index contributed by atoms with van der Waals surface area (Å²) >= 11 is 0. The maximum absolute atomic E-state index is 2.18. The standard InChI is InChI=1S/C11H13/c1-2-4-6-8-10-11-9-7-5-3-1/h1-9H,10-11H2/b2-1-,5-3-,6-4+,9-7+. The highest BCUT2D eigenvalue weighted by Gasteiger charge is 1.79. The topological polar surface area (TPSA) is 0 Å². The van der Waals surface area contributed by atoms with Crippen molar-refractivity contribution in [2.75, 3.05) is 0 Å². The van der Waals surface area contributed by atoms with Crippen molar-refractivity contribution in [3.8, 4) is 0 Å². The number of hydrogen-bond acceptors (Lipinski definition) is 0. The van der Waals surface area contributed by atoms with Gasteiger partial charge in [0.15, 0.2) is 0 Å². The van der Waals surface area contributed by atoms with Gasteiger partial charge in [-0.25, -0.2) is 0 Å². The van der Waals surface area contributed by atoms with Crippen LogP contribution >= 0.6 is 0 Å². The predicted molar refractivity (Wildman–Crippen MR) is 50.1 cm³/mol. The van der Waals surface area contributed by atoms with Crippen molar-refractivity contribution < 1.29 is 0 Å². The van der Waals surface area contributed by atoms with Crippen LogP contribution in [0.25, 0.3) is 0 Å². The zero-order chi connectivity index (χ0) is 7.78. The Kier molecular flexibility index (Phi) is 4.19. The molecule has 0 N–H and O–H groups in total. The number of rotatable bonds is 0. The summed E-state index contributed by atoms with van der Waals surface area (Å²) in [6.45, 7) is 0. The molecule has 0 aliphatic heterocycles. The summed E-state index contributed by atoms with van der Waals surface area (Å²) in [4.78, 5) is 0. The molecule has 57 valence electrons. The first-order valence-corrected chi connectivity index (χ1v) is 3.98. The Balaban J connectivity index is 2.47. The molecule has 0 saturated carbocycles. The quantitative estimate of drug-likeness (QED) is 0.491. The van der Waals surface area contributed by atoms with Gasteiger partial charge in [-0.1, -0.05) is 48.6 Å². The van der Waals surface area contributed by atoms with Crippen LogP contribution in [0.1, 0.15) is 12.8 Å². The summed E-state index contributed by atoms with van der Waals surface area (Å²) < 4.78 is 0. The third kappa shape index (κ3) is 4.38. The van der Waals surface area contributed by atoms with Crippen molar-refractivity contribution in [2.24, 2.45) is 0 Å². The molecule has 0 saturated heterocycles. The zero-order valence-corrected chi connectivity index (χ0v) is 6.61. The molecular formula is C11H13. The molecule has 0 heteroatoms. The number of hydrogen-bond donors (Lipinski definition) is 0. The highest BCUT2D eigenvalue weighted by molar-refractivity contribution is 5.17. The Morgan fingerprint density at radius 2 is 1.18 bits per heavy atom. The van der Waals surface area contributed by atoms with Gasteiger partial charge in [-0.15, -0.1) is 0 Å². The fourth-order valence-corrected chi connectivity index (χ4v) is 0.863. The van der Waals surface area contributed by atoms with Gasteiger partial charge in [-0.2, -0.15) is 0 Å². The second kappa shape index (κ2) is 5.72. The Hall–Kier alpha value is -1.04. The van der Waals surface area contributed by atoms with Gasteiger partial charge < -0.3 is 0 Å². The van der Waals surface area contributed by atoms with Crippen LogP contribution in [-0.4, -0.2) is 0 Å². The molecule has 0 atom stereocenters. The number of allylic oxidation sites excluding steroid dienone is 8. The Morgan fingerprint density at radius 3 is 2.00 bits per heavy atom. The van der Waals surface area contributed by atoms with Gasteiger partial charge in [0.2, 0.25) is 0 Å². The normalized spacial score (nSPS) is 29.8. The van der Waals surface area contributed by atoms with Crippen LogP contribution in [-0.2, 0) is 0 Å². The van der Waals surface area contributed by atoms with E-state index in [0.717, 1.165) is 12.8 Å². The average Bonchev–Trinajstić information content (AvgIpc) is 2.08. The van der Waals surface area contributed by atoms with E-state index >= 15 is 0 Å². The van der Waals surface area contributed by atoms with E-state index in [2.05, 4.69) is 36.8 Å². The van der Waals surface area contributed by atoms with Gasteiger partial charge >= 0.3 is 0 Å². The van der Waals surface area contributed by atoms with Crippen molar-refractivity contribution in [3.63, 3.8) is 0 Å². The van der Waals surface area contributed by atoms with Crippen LogP contribution < -0.4 is 0 Å². The molecule has 0 unspecified atom stereocenters. The van der Waals surface area contributed by atoms with E-state index in [4.69, 9.17) is 0 Å². The monoisotopic (exact) mass is 145 g/mol. The van der Waals surface area contributed by atoms with Crippen LogP contribution in [0.2, 0.25) is 0 Å². The van der Waals surface area contributed by atoms with Crippen LogP contribution in [0.5, 0.6) is 0 Å². The minimum Gasteiger partial charge on any atom is -0.0845 e. The van der Waals surface area contributed by atoms with Crippen LogP contribution in [0.3, 0.4) is 0 Å². The van der Waals surface area contributed by atoms with E-state index in [-0.39, 0.29) is 0 Å². The fourth-order valence-electron chi connectivity index (χ4n) is 0.863. The van der Waals surface area contributed by atoms with Gasteiger partial charge in [-0.05, 0) is 19.3 Å². The second-order valence-electron chi connectivity index (χ2n) is 2.40. The first kappa shape index (κ1) is 8.06. The van der Waals surface area contributed by atoms with Crippen LogP contribution in [0, 0.1) is 6.42 Å². The van der Waals surface area contributed by atoms with Crippen LogP contribution in [0.15, 0.2) is 48.6 Å². The molecule has 0 heterocycles. The first-order valence-electron chi connectivity index (χ1n) is 3.98. The lowest BCUT2D eigenvalue weighted by molar-refractivity contribution is 1.00. The van der Waals surface area contributed by atoms with E-state index in [1.165, 1.54) is 0 Å². The van der Waals surface area contributed by atoms with E-state index in [1.54, 1.807) is 0 Å². The summed E-state index contributed by atoms with van der Waals surface area (Å²) in [5.74, 6) is 0. The first-order chi connectivity index (χ1) is 5.50. The van der Waals surface area contributed by atoms with Crippen molar-refractivity contribution >= 4 is 0 Å². The van der Waals surface area contributed by atoms with E-state index < -0.39 is 0 Å². The minimum absolute atomic E-state index is 1.13. The molecular weight excluding hydrogens is 132 g/mol. The molecule has 1 rings (SSSR count). The van der Waals surface area contributed by atoms with Gasteiger partial charge in [0, 0.05) is 0 Å². The Morgan fingerprint density at radius 1 is 0.545 bits per heavy atom. The molecule has 1 aliphatic carbocycles. The highest BCUT2D eigenvalue weighted by atomic mass is 13.9. The summed E-state index contributed by atoms with van der Waals surface area (Å²) in [5, 5.41) is 0. The largest absolute Gasteiger partial charge is 0.0845 e.